The SMILES string of the molecule is COC(=O)CCC(=O)CCCC(F)(F)F. The predicted molar refractivity (Wildman–Crippen MR) is 46.2 cm³/mol. The largest absolute Gasteiger partial charge is 0.469 e. The number of ether oxygens (including phenoxy) is 1. The van der Waals surface area contributed by atoms with Gasteiger partial charge in [-0.15, -0.1) is 0 Å². The highest BCUT2D eigenvalue weighted by Gasteiger charge is 2.26. The molecule has 0 aromatic carbocycles. The van der Waals surface area contributed by atoms with Crippen LogP contribution in [-0.4, -0.2) is 25.0 Å². The molecule has 0 aliphatic heterocycles. The van der Waals surface area contributed by atoms with Gasteiger partial charge in [0.05, 0.1) is 13.5 Å². The molecule has 0 fully saturated rings. The standard InChI is InChI=1S/C9H13F3O3/c1-15-8(14)5-4-7(13)3-2-6-9(10,11)12/h2-6H2,1H3. The Balaban J connectivity index is 3.54. The quantitative estimate of drug-likeness (QED) is 0.652. The van der Waals surface area contributed by atoms with Gasteiger partial charge in [0, 0.05) is 19.3 Å². The number of alkyl halides is 3. The van der Waals surface area contributed by atoms with Gasteiger partial charge in [0.25, 0.3) is 0 Å². The van der Waals surface area contributed by atoms with E-state index in [9.17, 15) is 22.8 Å². The number of hydrogen-bond donors (Lipinski definition) is 0. The molecule has 3 nitrogen and oxygen atoms in total. The van der Waals surface area contributed by atoms with Gasteiger partial charge in [-0.25, -0.2) is 0 Å². The number of rotatable bonds is 6. The van der Waals surface area contributed by atoms with Crippen molar-refractivity contribution in [1.29, 1.82) is 0 Å². The molecule has 0 radical (unpaired) electrons. The predicted octanol–water partition coefficient (Wildman–Crippen LogP) is 2.24. The minimum Gasteiger partial charge on any atom is -0.469 e. The molecular weight excluding hydrogens is 213 g/mol. The zero-order chi connectivity index (χ0) is 11.9. The Bertz CT molecular complexity index is 223. The lowest BCUT2D eigenvalue weighted by Gasteiger charge is -2.04. The Kier molecular flexibility index (Phi) is 5.96. The lowest BCUT2D eigenvalue weighted by atomic mass is 10.1. The van der Waals surface area contributed by atoms with Gasteiger partial charge in [-0.05, 0) is 6.42 Å². The van der Waals surface area contributed by atoms with Crippen molar-refractivity contribution in [3.05, 3.63) is 0 Å². The lowest BCUT2D eigenvalue weighted by molar-refractivity contribution is -0.143. The molecule has 0 aliphatic rings. The summed E-state index contributed by atoms with van der Waals surface area (Å²) in [5.74, 6) is -0.871. The van der Waals surface area contributed by atoms with E-state index in [1.54, 1.807) is 0 Å². The summed E-state index contributed by atoms with van der Waals surface area (Å²) >= 11 is 0. The maximum absolute atomic E-state index is 11.7. The summed E-state index contributed by atoms with van der Waals surface area (Å²) < 4.78 is 39.4. The monoisotopic (exact) mass is 226 g/mol. The third-order valence-electron chi connectivity index (χ3n) is 1.75. The van der Waals surface area contributed by atoms with Crippen LogP contribution in [0.2, 0.25) is 0 Å². The first-order valence-electron chi connectivity index (χ1n) is 4.50. The molecule has 0 N–H and O–H groups in total. The molecule has 15 heavy (non-hydrogen) atoms. The lowest BCUT2D eigenvalue weighted by Crippen LogP contribution is -2.09. The van der Waals surface area contributed by atoms with Crippen molar-refractivity contribution in [2.75, 3.05) is 7.11 Å². The molecule has 88 valence electrons. The Hall–Kier alpha value is -1.07. The van der Waals surface area contributed by atoms with Crippen LogP contribution in [-0.2, 0) is 14.3 Å². The van der Waals surface area contributed by atoms with Gasteiger partial charge in [-0.2, -0.15) is 13.2 Å². The van der Waals surface area contributed by atoms with Crippen LogP contribution in [0.15, 0.2) is 0 Å². The van der Waals surface area contributed by atoms with E-state index in [0.717, 1.165) is 0 Å². The van der Waals surface area contributed by atoms with Gasteiger partial charge in [-0.3, -0.25) is 9.59 Å². The second-order valence-corrected chi connectivity index (χ2v) is 3.08. The summed E-state index contributed by atoms with van der Waals surface area (Å²) in [5, 5.41) is 0. The summed E-state index contributed by atoms with van der Waals surface area (Å²) in [6.45, 7) is 0. The van der Waals surface area contributed by atoms with E-state index in [1.807, 2.05) is 0 Å². The fourth-order valence-corrected chi connectivity index (χ4v) is 0.955. The second kappa shape index (κ2) is 6.42. The van der Waals surface area contributed by atoms with E-state index < -0.39 is 18.6 Å². The van der Waals surface area contributed by atoms with E-state index in [1.165, 1.54) is 7.11 Å². The number of halogens is 3. The van der Waals surface area contributed by atoms with E-state index in [4.69, 9.17) is 0 Å². The fraction of sp³-hybridized carbons (Fsp3) is 0.778. The van der Waals surface area contributed by atoms with Crippen LogP contribution in [0.1, 0.15) is 32.1 Å². The Morgan fingerprint density at radius 1 is 1.13 bits per heavy atom. The van der Waals surface area contributed by atoms with Crippen molar-refractivity contribution in [1.82, 2.24) is 0 Å². The number of ketones is 1. The molecule has 0 aromatic heterocycles. The molecule has 0 spiro atoms. The molecule has 0 heterocycles. The van der Waals surface area contributed by atoms with Crippen LogP contribution in [0, 0.1) is 0 Å². The van der Waals surface area contributed by atoms with Crippen LogP contribution in [0.5, 0.6) is 0 Å². The topological polar surface area (TPSA) is 43.4 Å². The highest BCUT2D eigenvalue weighted by atomic mass is 19.4. The number of methoxy groups -OCH3 is 1. The number of carbonyl (C=O) groups is 2. The maximum atomic E-state index is 11.7. The molecule has 0 aromatic rings. The molecule has 0 saturated heterocycles. The minimum absolute atomic E-state index is 0.0511. The van der Waals surface area contributed by atoms with E-state index in [0.29, 0.717) is 0 Å². The number of Topliss-reactive ketones (excluding diaryl/α,β-unsaturated/α-hetero) is 1. The van der Waals surface area contributed by atoms with E-state index in [2.05, 4.69) is 4.74 Å². The molecular formula is C9H13F3O3. The first-order valence-corrected chi connectivity index (χ1v) is 4.50. The zero-order valence-electron chi connectivity index (χ0n) is 8.39. The number of hydrogen-bond acceptors (Lipinski definition) is 3. The third kappa shape index (κ3) is 9.24. The van der Waals surface area contributed by atoms with Crippen LogP contribution in [0.3, 0.4) is 0 Å². The molecule has 6 heteroatoms. The summed E-state index contributed by atoms with van der Waals surface area (Å²) in [7, 11) is 1.19. The first kappa shape index (κ1) is 13.9. The highest BCUT2D eigenvalue weighted by molar-refractivity contribution is 5.82. The van der Waals surface area contributed by atoms with Crippen molar-refractivity contribution >= 4 is 11.8 Å². The minimum atomic E-state index is -4.22. The Labute approximate surface area is 85.6 Å². The maximum Gasteiger partial charge on any atom is 0.389 e. The average Bonchev–Trinajstić information content (AvgIpc) is 2.12. The highest BCUT2D eigenvalue weighted by Crippen LogP contribution is 2.22. The van der Waals surface area contributed by atoms with Gasteiger partial charge < -0.3 is 4.74 Å². The number of esters is 1. The van der Waals surface area contributed by atoms with Crippen LogP contribution in [0.25, 0.3) is 0 Å². The molecule has 0 amide bonds. The Morgan fingerprint density at radius 3 is 2.20 bits per heavy atom. The second-order valence-electron chi connectivity index (χ2n) is 3.08. The first-order chi connectivity index (χ1) is 6.85. The van der Waals surface area contributed by atoms with Gasteiger partial charge in [0.15, 0.2) is 0 Å². The van der Waals surface area contributed by atoms with E-state index >= 15 is 0 Å². The molecule has 0 saturated carbocycles. The normalized spacial score (nSPS) is 11.2. The summed E-state index contributed by atoms with van der Waals surface area (Å²) in [4.78, 5) is 21.6. The van der Waals surface area contributed by atoms with Crippen molar-refractivity contribution in [3.8, 4) is 0 Å². The van der Waals surface area contributed by atoms with Crippen molar-refractivity contribution in [3.63, 3.8) is 0 Å². The fourth-order valence-electron chi connectivity index (χ4n) is 0.955. The smallest absolute Gasteiger partial charge is 0.389 e. The molecule has 0 atom stereocenters. The van der Waals surface area contributed by atoms with Gasteiger partial charge >= 0.3 is 12.1 Å². The Morgan fingerprint density at radius 2 is 1.73 bits per heavy atom. The van der Waals surface area contributed by atoms with Crippen LogP contribution < -0.4 is 0 Å². The van der Waals surface area contributed by atoms with Crippen molar-refractivity contribution in [2.24, 2.45) is 0 Å². The van der Waals surface area contributed by atoms with Crippen molar-refractivity contribution in [2.45, 2.75) is 38.3 Å². The third-order valence-corrected chi connectivity index (χ3v) is 1.75. The van der Waals surface area contributed by atoms with Crippen LogP contribution in [0.4, 0.5) is 13.2 Å². The molecule has 0 rings (SSSR count). The number of carbonyl (C=O) groups excluding carboxylic acids is 2. The van der Waals surface area contributed by atoms with Crippen molar-refractivity contribution < 1.29 is 27.5 Å². The van der Waals surface area contributed by atoms with Crippen LogP contribution >= 0.6 is 0 Å². The molecule has 0 unspecified atom stereocenters. The summed E-state index contributed by atoms with van der Waals surface area (Å²) in [6.07, 6.45) is -5.66. The summed E-state index contributed by atoms with van der Waals surface area (Å²) in [5.41, 5.74) is 0. The average molecular weight is 226 g/mol. The van der Waals surface area contributed by atoms with E-state index in [-0.39, 0.29) is 31.5 Å². The van der Waals surface area contributed by atoms with Gasteiger partial charge in [-0.1, -0.05) is 0 Å². The summed E-state index contributed by atoms with van der Waals surface area (Å²) in [6, 6.07) is 0. The molecule has 0 bridgehead atoms. The van der Waals surface area contributed by atoms with Gasteiger partial charge in [0.1, 0.15) is 5.78 Å². The molecule has 0 aliphatic carbocycles. The zero-order valence-corrected chi connectivity index (χ0v) is 8.39. The van der Waals surface area contributed by atoms with Gasteiger partial charge in [0.2, 0.25) is 0 Å².